The van der Waals surface area contributed by atoms with Crippen LogP contribution in [0.3, 0.4) is 0 Å². The largest absolute Gasteiger partial charge is 0.493 e. The van der Waals surface area contributed by atoms with Crippen LogP contribution in [-0.4, -0.2) is 62.1 Å². The number of carbonyl (C=O) groups excluding carboxylic acids is 1. The summed E-state index contributed by atoms with van der Waals surface area (Å²) in [5.74, 6) is 1.20. The van der Waals surface area contributed by atoms with Crippen molar-refractivity contribution < 1.29 is 14.3 Å². The molecule has 36 heavy (non-hydrogen) atoms. The van der Waals surface area contributed by atoms with Gasteiger partial charge in [0.05, 0.1) is 14.2 Å². The lowest BCUT2D eigenvalue weighted by Crippen LogP contribution is -2.37. The third-order valence-electron chi connectivity index (χ3n) is 6.57. The van der Waals surface area contributed by atoms with E-state index in [4.69, 9.17) is 9.47 Å². The molecule has 0 bridgehead atoms. The maximum absolute atomic E-state index is 14.0. The normalized spacial score (nSPS) is 12.0. The van der Waals surface area contributed by atoms with Crippen LogP contribution in [0, 0.1) is 0 Å². The van der Waals surface area contributed by atoms with Crippen LogP contribution in [-0.2, 0) is 11.3 Å². The van der Waals surface area contributed by atoms with Crippen LogP contribution in [0.5, 0.6) is 11.5 Å². The van der Waals surface area contributed by atoms with Crippen molar-refractivity contribution in [3.8, 4) is 11.5 Å². The highest BCUT2D eigenvalue weighted by Crippen LogP contribution is 2.42. The van der Waals surface area contributed by atoms with Gasteiger partial charge in [0.2, 0.25) is 5.91 Å². The molecule has 4 aromatic rings. The first-order valence-corrected chi connectivity index (χ1v) is 12.2. The second kappa shape index (κ2) is 11.8. The third-order valence-corrected chi connectivity index (χ3v) is 6.57. The Kier molecular flexibility index (Phi) is 8.28. The van der Waals surface area contributed by atoms with Gasteiger partial charge in [-0.15, -0.1) is 0 Å². The second-order valence-electron chi connectivity index (χ2n) is 9.23. The van der Waals surface area contributed by atoms with E-state index >= 15 is 0 Å². The standard InChI is InChI=1S/C30H35N3O3/c1-32(2)17-18-33(21-22-11-6-5-7-12-22)29(34)19-25(24-14-10-16-28(35-3)30(24)36-4)26-20-31-27-15-9-8-13-23(26)27/h5-16,20,25,31H,17-19,21H2,1-4H3. The monoisotopic (exact) mass is 485 g/mol. The van der Waals surface area contributed by atoms with Crippen molar-refractivity contribution in [2.75, 3.05) is 41.4 Å². The van der Waals surface area contributed by atoms with Gasteiger partial charge < -0.3 is 24.3 Å². The Morgan fingerprint density at radius 2 is 1.61 bits per heavy atom. The maximum Gasteiger partial charge on any atom is 0.223 e. The summed E-state index contributed by atoms with van der Waals surface area (Å²) in [4.78, 5) is 21.4. The zero-order chi connectivity index (χ0) is 25.5. The predicted octanol–water partition coefficient (Wildman–Crippen LogP) is 5.30. The molecule has 0 radical (unpaired) electrons. The molecule has 4 rings (SSSR count). The molecule has 0 aliphatic rings. The zero-order valence-electron chi connectivity index (χ0n) is 21.5. The summed E-state index contributed by atoms with van der Waals surface area (Å²) >= 11 is 0. The van der Waals surface area contributed by atoms with E-state index in [1.165, 1.54) is 0 Å². The molecule has 0 aliphatic heterocycles. The third kappa shape index (κ3) is 5.71. The molecule has 188 valence electrons. The number of aromatic amines is 1. The van der Waals surface area contributed by atoms with Crippen molar-refractivity contribution >= 4 is 16.8 Å². The molecule has 1 unspecified atom stereocenters. The van der Waals surface area contributed by atoms with Gasteiger partial charge in [0.1, 0.15) is 0 Å². The number of ether oxygens (including phenoxy) is 2. The van der Waals surface area contributed by atoms with Crippen molar-refractivity contribution in [1.82, 2.24) is 14.8 Å². The lowest BCUT2D eigenvalue weighted by Gasteiger charge is -2.28. The molecule has 1 atom stereocenters. The van der Waals surface area contributed by atoms with Gasteiger partial charge in [-0.1, -0.05) is 60.7 Å². The smallest absolute Gasteiger partial charge is 0.223 e. The molecular formula is C30H35N3O3. The first-order valence-electron chi connectivity index (χ1n) is 12.2. The van der Waals surface area contributed by atoms with E-state index in [0.717, 1.165) is 34.1 Å². The molecule has 6 nitrogen and oxygen atoms in total. The number of hydrogen-bond acceptors (Lipinski definition) is 4. The maximum atomic E-state index is 14.0. The minimum atomic E-state index is -0.212. The summed E-state index contributed by atoms with van der Waals surface area (Å²) in [5.41, 5.74) is 4.16. The van der Waals surface area contributed by atoms with E-state index in [9.17, 15) is 4.79 Å². The summed E-state index contributed by atoms with van der Waals surface area (Å²) < 4.78 is 11.4. The fraction of sp³-hybridized carbons (Fsp3) is 0.300. The average Bonchev–Trinajstić information content (AvgIpc) is 3.33. The van der Waals surface area contributed by atoms with Gasteiger partial charge in [-0.05, 0) is 37.4 Å². The fourth-order valence-corrected chi connectivity index (χ4v) is 4.68. The summed E-state index contributed by atoms with van der Waals surface area (Å²) in [6.07, 6.45) is 2.33. The highest BCUT2D eigenvalue weighted by molar-refractivity contribution is 5.86. The van der Waals surface area contributed by atoms with Crippen molar-refractivity contribution in [1.29, 1.82) is 0 Å². The van der Waals surface area contributed by atoms with Gasteiger partial charge >= 0.3 is 0 Å². The Bertz CT molecular complexity index is 1280. The lowest BCUT2D eigenvalue weighted by atomic mass is 9.87. The molecule has 0 aliphatic carbocycles. The number of benzene rings is 3. The molecule has 0 fully saturated rings. The molecule has 1 amide bonds. The summed E-state index contributed by atoms with van der Waals surface area (Å²) in [5, 5.41) is 1.10. The van der Waals surface area contributed by atoms with Crippen LogP contribution in [0.4, 0.5) is 0 Å². The van der Waals surface area contributed by atoms with Crippen molar-refractivity contribution in [3.63, 3.8) is 0 Å². The zero-order valence-corrected chi connectivity index (χ0v) is 21.5. The first-order chi connectivity index (χ1) is 17.5. The van der Waals surface area contributed by atoms with Gasteiger partial charge in [0.15, 0.2) is 11.5 Å². The van der Waals surface area contributed by atoms with Gasteiger partial charge in [0.25, 0.3) is 0 Å². The molecule has 6 heteroatoms. The van der Waals surface area contributed by atoms with Crippen LogP contribution in [0.1, 0.15) is 29.0 Å². The number of amides is 1. The van der Waals surface area contributed by atoms with E-state index in [1.807, 2.05) is 73.7 Å². The Balaban J connectivity index is 1.74. The highest BCUT2D eigenvalue weighted by Gasteiger charge is 2.28. The molecule has 3 aromatic carbocycles. The van der Waals surface area contributed by atoms with Crippen LogP contribution in [0.25, 0.3) is 10.9 Å². The molecule has 0 saturated heterocycles. The molecule has 1 heterocycles. The van der Waals surface area contributed by atoms with E-state index in [-0.39, 0.29) is 11.8 Å². The molecule has 1 aromatic heterocycles. The Hall–Kier alpha value is -3.77. The van der Waals surface area contributed by atoms with E-state index < -0.39 is 0 Å². The van der Waals surface area contributed by atoms with Crippen molar-refractivity contribution in [2.45, 2.75) is 18.9 Å². The van der Waals surface area contributed by atoms with E-state index in [1.54, 1.807) is 14.2 Å². The minimum Gasteiger partial charge on any atom is -0.493 e. The number of methoxy groups -OCH3 is 2. The number of likely N-dealkylation sites (N-methyl/N-ethyl adjacent to an activating group) is 1. The van der Waals surface area contributed by atoms with Gasteiger partial charge in [-0.3, -0.25) is 4.79 Å². The highest BCUT2D eigenvalue weighted by atomic mass is 16.5. The number of aromatic nitrogens is 1. The first kappa shape index (κ1) is 25.3. The average molecular weight is 486 g/mol. The van der Waals surface area contributed by atoms with E-state index in [0.29, 0.717) is 31.0 Å². The Morgan fingerprint density at radius 3 is 2.33 bits per heavy atom. The van der Waals surface area contributed by atoms with Crippen LogP contribution in [0.15, 0.2) is 79.0 Å². The van der Waals surface area contributed by atoms with Crippen molar-refractivity contribution in [3.05, 3.63) is 95.7 Å². The molecule has 1 N–H and O–H groups in total. The van der Waals surface area contributed by atoms with Gasteiger partial charge in [-0.25, -0.2) is 0 Å². The predicted molar refractivity (Wildman–Crippen MR) is 145 cm³/mol. The topological polar surface area (TPSA) is 57.8 Å². The quantitative estimate of drug-likeness (QED) is 0.313. The molecule has 0 spiro atoms. The summed E-state index contributed by atoms with van der Waals surface area (Å²) in [6, 6.07) is 24.2. The summed E-state index contributed by atoms with van der Waals surface area (Å²) in [7, 11) is 7.34. The number of nitrogens with one attached hydrogen (secondary N) is 1. The number of para-hydroxylation sites is 2. The number of carbonyl (C=O) groups is 1. The van der Waals surface area contributed by atoms with Crippen molar-refractivity contribution in [2.24, 2.45) is 0 Å². The van der Waals surface area contributed by atoms with Gasteiger partial charge in [-0.2, -0.15) is 0 Å². The fourth-order valence-electron chi connectivity index (χ4n) is 4.68. The Labute approximate surface area is 213 Å². The number of nitrogens with zero attached hydrogens (tertiary/aromatic N) is 2. The summed E-state index contributed by atoms with van der Waals surface area (Å²) in [6.45, 7) is 2.01. The molecule has 0 saturated carbocycles. The number of rotatable bonds is 11. The number of hydrogen-bond donors (Lipinski definition) is 1. The second-order valence-corrected chi connectivity index (χ2v) is 9.23. The van der Waals surface area contributed by atoms with Crippen LogP contribution >= 0.6 is 0 Å². The minimum absolute atomic E-state index is 0.0980. The molecular weight excluding hydrogens is 450 g/mol. The Morgan fingerprint density at radius 1 is 0.861 bits per heavy atom. The van der Waals surface area contributed by atoms with Crippen LogP contribution < -0.4 is 9.47 Å². The SMILES string of the molecule is COc1cccc(C(CC(=O)N(CCN(C)C)Cc2ccccc2)c2c[nH]c3ccccc23)c1OC. The lowest BCUT2D eigenvalue weighted by molar-refractivity contribution is -0.132. The number of fused-ring (bicyclic) bond motifs is 1. The number of H-pyrrole nitrogens is 1. The van der Waals surface area contributed by atoms with Crippen LogP contribution in [0.2, 0.25) is 0 Å². The van der Waals surface area contributed by atoms with E-state index in [2.05, 4.69) is 34.1 Å². The van der Waals surface area contributed by atoms with Gasteiger partial charge in [0, 0.05) is 54.6 Å².